The van der Waals surface area contributed by atoms with Gasteiger partial charge in [0.15, 0.2) is 0 Å². The molecule has 1 atom stereocenters. The van der Waals surface area contributed by atoms with Gasteiger partial charge in [-0.15, -0.1) is 0 Å². The summed E-state index contributed by atoms with van der Waals surface area (Å²) < 4.78 is 5.17. The van der Waals surface area contributed by atoms with Crippen molar-refractivity contribution in [2.24, 2.45) is 0 Å². The maximum Gasteiger partial charge on any atom is 0.336 e. The molecule has 0 saturated heterocycles. The first-order chi connectivity index (χ1) is 13.4. The topological polar surface area (TPSA) is 122 Å². The third-order valence-electron chi connectivity index (χ3n) is 4.82. The van der Waals surface area contributed by atoms with E-state index in [4.69, 9.17) is 4.74 Å². The minimum Gasteiger partial charge on any atom is -0.463 e. The molecule has 1 aromatic carbocycles. The number of nitro groups is 1. The van der Waals surface area contributed by atoms with E-state index < -0.39 is 16.8 Å². The summed E-state index contributed by atoms with van der Waals surface area (Å²) in [4.78, 5) is 38.2. The maximum atomic E-state index is 13.0. The van der Waals surface area contributed by atoms with E-state index in [0.717, 1.165) is 0 Å². The number of ether oxygens (including phenoxy) is 1. The van der Waals surface area contributed by atoms with Gasteiger partial charge in [-0.25, -0.2) is 4.79 Å². The highest BCUT2D eigenvalue weighted by atomic mass is 16.6. The Morgan fingerprint density at radius 3 is 2.79 bits per heavy atom. The van der Waals surface area contributed by atoms with Crippen molar-refractivity contribution < 1.29 is 24.4 Å². The van der Waals surface area contributed by atoms with Crippen LogP contribution in [0.15, 0.2) is 46.8 Å². The lowest BCUT2D eigenvalue weighted by atomic mass is 9.80. The van der Waals surface area contributed by atoms with Gasteiger partial charge < -0.3 is 20.1 Å². The van der Waals surface area contributed by atoms with Crippen LogP contribution in [0.3, 0.4) is 0 Å². The lowest BCUT2D eigenvalue weighted by Gasteiger charge is -2.28. The molecule has 9 nitrogen and oxygen atoms in total. The van der Waals surface area contributed by atoms with Crippen molar-refractivity contribution in [2.45, 2.75) is 19.8 Å². The minimum absolute atomic E-state index is 0.130. The van der Waals surface area contributed by atoms with Crippen LogP contribution in [-0.4, -0.2) is 53.1 Å². The summed E-state index contributed by atoms with van der Waals surface area (Å²) in [5, 5.41) is 23.9. The summed E-state index contributed by atoms with van der Waals surface area (Å²) in [5.74, 6) is -1.92. The molecule has 0 fully saturated rings. The average Bonchev–Trinajstić information content (AvgIpc) is 2.96. The number of aliphatic hydroxyl groups is 1. The van der Waals surface area contributed by atoms with Crippen LogP contribution in [0.25, 0.3) is 0 Å². The number of dihydropyridines is 1. The number of carbonyl (C=O) groups excluding carboxylic acids is 2. The quantitative estimate of drug-likeness (QED) is 0.427. The second-order valence-electron chi connectivity index (χ2n) is 6.48. The molecule has 1 amide bonds. The Bertz CT molecular complexity index is 905. The van der Waals surface area contributed by atoms with E-state index in [9.17, 15) is 24.8 Å². The van der Waals surface area contributed by atoms with Gasteiger partial charge in [-0.3, -0.25) is 14.9 Å². The van der Waals surface area contributed by atoms with Gasteiger partial charge in [-0.1, -0.05) is 18.2 Å². The molecule has 2 aliphatic heterocycles. The van der Waals surface area contributed by atoms with Gasteiger partial charge in [-0.05, 0) is 13.8 Å². The van der Waals surface area contributed by atoms with Crippen LogP contribution in [0.4, 0.5) is 5.69 Å². The van der Waals surface area contributed by atoms with E-state index >= 15 is 0 Å². The van der Waals surface area contributed by atoms with Crippen molar-refractivity contribution in [3.63, 3.8) is 0 Å². The monoisotopic (exact) mass is 387 g/mol. The van der Waals surface area contributed by atoms with Gasteiger partial charge in [-0.2, -0.15) is 0 Å². The summed E-state index contributed by atoms with van der Waals surface area (Å²) in [7, 11) is 0. The molecule has 2 heterocycles. The van der Waals surface area contributed by atoms with Gasteiger partial charge >= 0.3 is 5.97 Å². The molecule has 0 saturated carbocycles. The highest BCUT2D eigenvalue weighted by Gasteiger charge is 2.45. The van der Waals surface area contributed by atoms with E-state index in [0.29, 0.717) is 11.4 Å². The standard InChI is InChI=1S/C19H21N3O6/c1-3-28-19(25)15-11(2)20-13-10-21(8-9-23)18(24)17(13)16(15)12-6-4-5-7-14(12)22(26)27/h4-7,16,20,23H,3,8-10H2,1-2H3. The lowest BCUT2D eigenvalue weighted by Crippen LogP contribution is -2.32. The second-order valence-corrected chi connectivity index (χ2v) is 6.48. The number of nitrogens with zero attached hydrogens (tertiary/aromatic N) is 2. The molecule has 0 aliphatic carbocycles. The largest absolute Gasteiger partial charge is 0.463 e. The number of nitro benzene ring substituents is 1. The average molecular weight is 387 g/mol. The first kappa shape index (κ1) is 19.6. The number of β-amino-alcohol motifs (C(OH)–C–C–N with tert-alkyl or cyclic N) is 1. The number of benzene rings is 1. The Kier molecular flexibility index (Phi) is 5.46. The van der Waals surface area contributed by atoms with E-state index in [-0.39, 0.29) is 54.6 Å². The number of aliphatic hydroxyl groups excluding tert-OH is 1. The number of hydrogen-bond donors (Lipinski definition) is 2. The van der Waals surface area contributed by atoms with Crippen LogP contribution in [0, 0.1) is 10.1 Å². The number of esters is 1. The smallest absolute Gasteiger partial charge is 0.336 e. The first-order valence-electron chi connectivity index (χ1n) is 8.92. The molecule has 1 aromatic rings. The molecule has 0 aromatic heterocycles. The van der Waals surface area contributed by atoms with E-state index in [1.807, 2.05) is 0 Å². The van der Waals surface area contributed by atoms with Crippen LogP contribution in [0.1, 0.15) is 25.3 Å². The third kappa shape index (κ3) is 3.24. The Labute approximate surface area is 161 Å². The number of amides is 1. The fraction of sp³-hybridized carbons (Fsp3) is 0.368. The minimum atomic E-state index is -0.923. The summed E-state index contributed by atoms with van der Waals surface area (Å²) in [6, 6.07) is 6.06. The van der Waals surface area contributed by atoms with Gasteiger partial charge in [0.05, 0.1) is 41.7 Å². The van der Waals surface area contributed by atoms with Crippen LogP contribution in [0.5, 0.6) is 0 Å². The molecule has 2 aliphatic rings. The Morgan fingerprint density at radius 2 is 2.14 bits per heavy atom. The summed E-state index contributed by atoms with van der Waals surface area (Å²) >= 11 is 0. The first-order valence-corrected chi connectivity index (χ1v) is 8.92. The molecule has 3 rings (SSSR count). The number of carbonyl (C=O) groups is 2. The molecule has 9 heteroatoms. The number of allylic oxidation sites excluding steroid dienone is 1. The van der Waals surface area contributed by atoms with E-state index in [2.05, 4.69) is 5.32 Å². The number of para-hydroxylation sites is 1. The number of rotatable bonds is 6. The highest BCUT2D eigenvalue weighted by Crippen LogP contribution is 2.44. The van der Waals surface area contributed by atoms with Crippen LogP contribution >= 0.6 is 0 Å². The molecule has 2 N–H and O–H groups in total. The van der Waals surface area contributed by atoms with Crippen molar-refractivity contribution in [1.82, 2.24) is 10.2 Å². The fourth-order valence-electron chi connectivity index (χ4n) is 3.70. The molecular formula is C19H21N3O6. The van der Waals surface area contributed by atoms with Crippen LogP contribution < -0.4 is 5.32 Å². The van der Waals surface area contributed by atoms with Crippen molar-refractivity contribution in [1.29, 1.82) is 0 Å². The van der Waals surface area contributed by atoms with Crippen molar-refractivity contribution in [2.75, 3.05) is 26.3 Å². The molecule has 148 valence electrons. The van der Waals surface area contributed by atoms with Gasteiger partial charge in [0.2, 0.25) is 0 Å². The normalized spacial score (nSPS) is 18.9. The van der Waals surface area contributed by atoms with E-state index in [1.54, 1.807) is 26.0 Å². The van der Waals surface area contributed by atoms with Crippen LogP contribution in [0.2, 0.25) is 0 Å². The SMILES string of the molecule is CCOC(=O)C1=C(C)NC2=C(C(=O)N(CCO)C2)C1c1ccccc1[N+](=O)[O-]. The molecule has 28 heavy (non-hydrogen) atoms. The molecular weight excluding hydrogens is 366 g/mol. The van der Waals surface area contributed by atoms with Gasteiger partial charge in [0, 0.05) is 29.6 Å². The molecule has 0 spiro atoms. The van der Waals surface area contributed by atoms with Gasteiger partial charge in [0.25, 0.3) is 11.6 Å². The predicted octanol–water partition coefficient (Wildman–Crippen LogP) is 1.21. The van der Waals surface area contributed by atoms with Crippen molar-refractivity contribution in [3.8, 4) is 0 Å². The molecule has 1 unspecified atom stereocenters. The highest BCUT2D eigenvalue weighted by molar-refractivity contribution is 6.04. The predicted molar refractivity (Wildman–Crippen MR) is 99.0 cm³/mol. The van der Waals surface area contributed by atoms with Crippen LogP contribution in [-0.2, 0) is 14.3 Å². The zero-order chi connectivity index (χ0) is 20.4. The number of nitrogens with one attached hydrogen (secondary N) is 1. The maximum absolute atomic E-state index is 13.0. The van der Waals surface area contributed by atoms with Crippen molar-refractivity contribution >= 4 is 17.6 Å². The number of hydrogen-bond acceptors (Lipinski definition) is 7. The fourth-order valence-corrected chi connectivity index (χ4v) is 3.70. The second kappa shape index (κ2) is 7.81. The van der Waals surface area contributed by atoms with Gasteiger partial charge in [0.1, 0.15) is 0 Å². The Balaban J connectivity index is 2.19. The Morgan fingerprint density at radius 1 is 1.43 bits per heavy atom. The summed E-state index contributed by atoms with van der Waals surface area (Å²) in [5.41, 5.74) is 1.59. The summed E-state index contributed by atoms with van der Waals surface area (Å²) in [6.07, 6.45) is 0. The van der Waals surface area contributed by atoms with Crippen molar-refractivity contribution in [3.05, 3.63) is 62.5 Å². The zero-order valence-electron chi connectivity index (χ0n) is 15.6. The Hall–Kier alpha value is -3.20. The molecule has 0 radical (unpaired) electrons. The zero-order valence-corrected chi connectivity index (χ0v) is 15.6. The summed E-state index contributed by atoms with van der Waals surface area (Å²) in [6.45, 7) is 3.63. The lowest BCUT2D eigenvalue weighted by molar-refractivity contribution is -0.385. The molecule has 0 bridgehead atoms. The van der Waals surface area contributed by atoms with E-state index in [1.165, 1.54) is 17.0 Å². The third-order valence-corrected chi connectivity index (χ3v) is 4.82.